The largest absolute Gasteiger partial charge is 0.459 e. The molecule has 0 bridgehead atoms. The summed E-state index contributed by atoms with van der Waals surface area (Å²) in [6.07, 6.45) is 3.66. The van der Waals surface area contributed by atoms with Crippen molar-refractivity contribution in [1.29, 1.82) is 0 Å². The first kappa shape index (κ1) is 16.0. The predicted octanol–water partition coefficient (Wildman–Crippen LogP) is 3.79. The number of aromatic nitrogens is 2. The summed E-state index contributed by atoms with van der Waals surface area (Å²) in [6.45, 7) is 1.62. The number of hydrogen-bond donors (Lipinski definition) is 0. The van der Waals surface area contributed by atoms with Gasteiger partial charge in [-0.25, -0.2) is 0 Å². The van der Waals surface area contributed by atoms with Crippen LogP contribution in [-0.2, 0) is 4.79 Å². The number of furan rings is 1. The Morgan fingerprint density at radius 1 is 1.08 bits per heavy atom. The molecule has 1 saturated heterocycles. The van der Waals surface area contributed by atoms with Gasteiger partial charge in [-0.1, -0.05) is 30.3 Å². The van der Waals surface area contributed by atoms with Gasteiger partial charge in [0.15, 0.2) is 5.76 Å². The molecule has 0 aliphatic carbocycles. The normalized spacial score (nSPS) is 15.4. The van der Waals surface area contributed by atoms with E-state index in [0.717, 1.165) is 31.5 Å². The number of benzene rings is 1. The number of rotatable bonds is 5. The van der Waals surface area contributed by atoms with Gasteiger partial charge in [0.25, 0.3) is 11.1 Å². The highest BCUT2D eigenvalue weighted by Crippen LogP contribution is 2.37. The first-order valence-corrected chi connectivity index (χ1v) is 9.07. The smallest absolute Gasteiger partial charge is 0.284 e. The Bertz CT molecular complexity index is 826. The molecule has 6 nitrogen and oxygen atoms in total. The third-order valence-electron chi connectivity index (χ3n) is 4.10. The highest BCUT2D eigenvalue weighted by molar-refractivity contribution is 8.00. The Kier molecular flexibility index (Phi) is 4.56. The van der Waals surface area contributed by atoms with Crippen LogP contribution in [-0.4, -0.2) is 34.1 Å². The second-order valence-electron chi connectivity index (χ2n) is 5.79. The number of carbonyl (C=O) groups excluding carboxylic acids is 1. The fraction of sp³-hybridized carbons (Fsp3) is 0.278. The van der Waals surface area contributed by atoms with Gasteiger partial charge in [0.1, 0.15) is 5.25 Å². The van der Waals surface area contributed by atoms with E-state index < -0.39 is 5.25 Å². The molecule has 1 aliphatic rings. The topological polar surface area (TPSA) is 72.4 Å². The summed E-state index contributed by atoms with van der Waals surface area (Å²) in [5.41, 5.74) is 0.933. The third-order valence-corrected chi connectivity index (χ3v) is 5.18. The van der Waals surface area contributed by atoms with Gasteiger partial charge < -0.3 is 13.7 Å². The van der Waals surface area contributed by atoms with E-state index in [4.69, 9.17) is 8.83 Å². The van der Waals surface area contributed by atoms with Crippen LogP contribution < -0.4 is 0 Å². The van der Waals surface area contributed by atoms with E-state index in [1.165, 1.54) is 11.8 Å². The highest BCUT2D eigenvalue weighted by Gasteiger charge is 2.30. The molecule has 3 heterocycles. The first-order valence-electron chi connectivity index (χ1n) is 8.19. The van der Waals surface area contributed by atoms with Crippen molar-refractivity contribution in [1.82, 2.24) is 15.1 Å². The molecule has 25 heavy (non-hydrogen) atoms. The molecule has 1 aromatic carbocycles. The van der Waals surface area contributed by atoms with Gasteiger partial charge in [0.2, 0.25) is 5.91 Å². The van der Waals surface area contributed by atoms with E-state index >= 15 is 0 Å². The standard InChI is InChI=1S/C18H17N3O3S/c22-17(21-10-4-5-11-21)15(13-7-2-1-3-8-13)25-18-20-19-16(24-18)14-9-6-12-23-14/h1-3,6-9,12,15H,4-5,10-11H2. The quantitative estimate of drug-likeness (QED) is 0.649. The molecule has 1 fully saturated rings. The second kappa shape index (κ2) is 7.14. The summed E-state index contributed by atoms with van der Waals surface area (Å²) in [5, 5.41) is 8.02. The maximum Gasteiger partial charge on any atom is 0.284 e. The molecule has 0 saturated carbocycles. The Hall–Kier alpha value is -2.54. The van der Waals surface area contributed by atoms with E-state index in [-0.39, 0.29) is 5.91 Å². The predicted molar refractivity (Wildman–Crippen MR) is 92.9 cm³/mol. The molecule has 2 aromatic heterocycles. The van der Waals surface area contributed by atoms with Gasteiger partial charge >= 0.3 is 0 Å². The van der Waals surface area contributed by atoms with Crippen molar-refractivity contribution in [3.05, 3.63) is 54.3 Å². The van der Waals surface area contributed by atoms with E-state index in [2.05, 4.69) is 10.2 Å². The average molecular weight is 355 g/mol. The summed E-state index contributed by atoms with van der Waals surface area (Å²) in [7, 11) is 0. The number of thioether (sulfide) groups is 1. The van der Waals surface area contributed by atoms with E-state index in [9.17, 15) is 4.79 Å². The third kappa shape index (κ3) is 3.46. The van der Waals surface area contributed by atoms with Crippen LogP contribution in [0.1, 0.15) is 23.7 Å². The first-order chi connectivity index (χ1) is 12.3. The molecule has 0 spiro atoms. The molecule has 7 heteroatoms. The van der Waals surface area contributed by atoms with E-state index in [1.807, 2.05) is 35.2 Å². The van der Waals surface area contributed by atoms with Crippen LogP contribution >= 0.6 is 11.8 Å². The SMILES string of the molecule is O=C(C(Sc1nnc(-c2ccco2)o1)c1ccccc1)N1CCCC1. The zero-order valence-electron chi connectivity index (χ0n) is 13.5. The summed E-state index contributed by atoms with van der Waals surface area (Å²) in [6, 6.07) is 13.2. The van der Waals surface area contributed by atoms with Gasteiger partial charge in [-0.15, -0.1) is 10.2 Å². The maximum absolute atomic E-state index is 13.0. The molecular weight excluding hydrogens is 338 g/mol. The van der Waals surface area contributed by atoms with Crippen LogP contribution in [0, 0.1) is 0 Å². The summed E-state index contributed by atoms with van der Waals surface area (Å²) in [4.78, 5) is 14.9. The van der Waals surface area contributed by atoms with Crippen molar-refractivity contribution in [2.24, 2.45) is 0 Å². The van der Waals surface area contributed by atoms with Crippen molar-refractivity contribution in [3.8, 4) is 11.7 Å². The summed E-state index contributed by atoms with van der Waals surface area (Å²) in [5.74, 6) is 0.917. The van der Waals surface area contributed by atoms with E-state index in [1.54, 1.807) is 18.4 Å². The molecule has 1 aliphatic heterocycles. The monoisotopic (exact) mass is 355 g/mol. The zero-order valence-corrected chi connectivity index (χ0v) is 14.3. The lowest BCUT2D eigenvalue weighted by atomic mass is 10.1. The Morgan fingerprint density at radius 3 is 2.60 bits per heavy atom. The lowest BCUT2D eigenvalue weighted by Crippen LogP contribution is -2.31. The number of amides is 1. The molecule has 1 unspecified atom stereocenters. The molecular formula is C18H17N3O3S. The van der Waals surface area contributed by atoms with Gasteiger partial charge in [-0.3, -0.25) is 4.79 Å². The molecule has 0 radical (unpaired) electrons. The highest BCUT2D eigenvalue weighted by atomic mass is 32.2. The van der Waals surface area contributed by atoms with Gasteiger partial charge in [-0.2, -0.15) is 0 Å². The van der Waals surface area contributed by atoms with Crippen molar-refractivity contribution in [3.63, 3.8) is 0 Å². The minimum atomic E-state index is -0.399. The van der Waals surface area contributed by atoms with Crippen LogP contribution in [0.5, 0.6) is 0 Å². The summed E-state index contributed by atoms with van der Waals surface area (Å²) >= 11 is 1.28. The molecule has 1 amide bonds. The molecule has 1 atom stereocenters. The zero-order chi connectivity index (χ0) is 17.1. The molecule has 4 rings (SSSR count). The van der Waals surface area contributed by atoms with Gasteiger partial charge in [0.05, 0.1) is 6.26 Å². The minimum absolute atomic E-state index is 0.0893. The van der Waals surface area contributed by atoms with Gasteiger partial charge in [-0.05, 0) is 42.3 Å². The van der Waals surface area contributed by atoms with Crippen LogP contribution in [0.25, 0.3) is 11.7 Å². The Labute approximate surface area is 149 Å². The molecule has 128 valence electrons. The lowest BCUT2D eigenvalue weighted by molar-refractivity contribution is -0.129. The van der Waals surface area contributed by atoms with Crippen molar-refractivity contribution < 1.29 is 13.6 Å². The maximum atomic E-state index is 13.0. The van der Waals surface area contributed by atoms with Crippen molar-refractivity contribution >= 4 is 17.7 Å². The fourth-order valence-electron chi connectivity index (χ4n) is 2.85. The minimum Gasteiger partial charge on any atom is -0.459 e. The number of carbonyl (C=O) groups is 1. The van der Waals surface area contributed by atoms with Crippen molar-refractivity contribution in [2.45, 2.75) is 23.3 Å². The van der Waals surface area contributed by atoms with Crippen LogP contribution in [0.15, 0.2) is 62.8 Å². The number of hydrogen-bond acceptors (Lipinski definition) is 6. The van der Waals surface area contributed by atoms with E-state index in [0.29, 0.717) is 16.9 Å². The van der Waals surface area contributed by atoms with Crippen LogP contribution in [0.3, 0.4) is 0 Å². The number of likely N-dealkylation sites (tertiary alicyclic amines) is 1. The fourth-order valence-corrected chi connectivity index (χ4v) is 3.81. The van der Waals surface area contributed by atoms with Crippen LogP contribution in [0.4, 0.5) is 0 Å². The number of nitrogens with zero attached hydrogens (tertiary/aromatic N) is 3. The second-order valence-corrected chi connectivity index (χ2v) is 6.85. The summed E-state index contributed by atoms with van der Waals surface area (Å²) < 4.78 is 10.9. The molecule has 3 aromatic rings. The Balaban J connectivity index is 1.59. The van der Waals surface area contributed by atoms with Crippen LogP contribution in [0.2, 0.25) is 0 Å². The van der Waals surface area contributed by atoms with Crippen molar-refractivity contribution in [2.75, 3.05) is 13.1 Å². The van der Waals surface area contributed by atoms with Gasteiger partial charge in [0, 0.05) is 13.1 Å². The lowest BCUT2D eigenvalue weighted by Gasteiger charge is -2.22. The molecule has 0 N–H and O–H groups in total. The Morgan fingerprint density at radius 2 is 1.88 bits per heavy atom. The average Bonchev–Trinajstić information content (AvgIpc) is 3.42.